The first-order chi connectivity index (χ1) is 8.86. The second-order valence-corrected chi connectivity index (χ2v) is 6.59. The predicted molar refractivity (Wildman–Crippen MR) is 81.0 cm³/mol. The number of amides is 1. The second-order valence-electron chi connectivity index (χ2n) is 4.22. The van der Waals surface area contributed by atoms with Crippen molar-refractivity contribution in [2.24, 2.45) is 0 Å². The number of benzene rings is 1. The molecule has 106 valence electrons. The number of alkyl halides is 3. The van der Waals surface area contributed by atoms with Crippen LogP contribution < -0.4 is 10.6 Å². The average molecular weight is 324 g/mol. The SMILES string of the molecule is CCCNC(NC(=O)c1ccccc1C)C(Cl)(Cl)Cl. The van der Waals surface area contributed by atoms with E-state index in [0.717, 1.165) is 12.0 Å². The minimum atomic E-state index is -1.60. The first kappa shape index (κ1) is 16.6. The van der Waals surface area contributed by atoms with Crippen LogP contribution in [-0.4, -0.2) is 22.4 Å². The molecule has 0 aliphatic heterocycles. The van der Waals surface area contributed by atoms with E-state index in [2.05, 4.69) is 10.6 Å². The van der Waals surface area contributed by atoms with Crippen LogP contribution in [0.1, 0.15) is 29.3 Å². The molecule has 0 aromatic heterocycles. The topological polar surface area (TPSA) is 41.1 Å². The van der Waals surface area contributed by atoms with Crippen LogP contribution in [0.4, 0.5) is 0 Å². The Morgan fingerprint density at radius 3 is 2.47 bits per heavy atom. The molecule has 0 bridgehead atoms. The lowest BCUT2D eigenvalue weighted by atomic mass is 10.1. The number of halogens is 3. The van der Waals surface area contributed by atoms with Gasteiger partial charge in [-0.15, -0.1) is 0 Å². The van der Waals surface area contributed by atoms with Gasteiger partial charge >= 0.3 is 0 Å². The van der Waals surface area contributed by atoms with Crippen molar-refractivity contribution in [3.8, 4) is 0 Å². The molecule has 0 aliphatic carbocycles. The van der Waals surface area contributed by atoms with Crippen molar-refractivity contribution < 1.29 is 4.79 Å². The third kappa shape index (κ3) is 5.19. The van der Waals surface area contributed by atoms with Gasteiger partial charge in [0, 0.05) is 5.56 Å². The summed E-state index contributed by atoms with van der Waals surface area (Å²) in [4.78, 5) is 12.2. The quantitative estimate of drug-likeness (QED) is 0.644. The molecule has 0 radical (unpaired) electrons. The van der Waals surface area contributed by atoms with Gasteiger partial charge in [-0.05, 0) is 31.5 Å². The maximum atomic E-state index is 12.2. The van der Waals surface area contributed by atoms with Crippen LogP contribution in [0.2, 0.25) is 0 Å². The fourth-order valence-electron chi connectivity index (χ4n) is 1.57. The standard InChI is InChI=1S/C13H17Cl3N2O/c1-3-8-17-12(13(14,15)16)18-11(19)10-7-5-4-6-9(10)2/h4-7,12,17H,3,8H2,1-2H3,(H,18,19). The van der Waals surface area contributed by atoms with Crippen molar-refractivity contribution >= 4 is 40.7 Å². The van der Waals surface area contributed by atoms with Crippen molar-refractivity contribution in [2.45, 2.75) is 30.2 Å². The Labute approximate surface area is 128 Å². The van der Waals surface area contributed by atoms with Crippen molar-refractivity contribution in [2.75, 3.05) is 6.54 Å². The fraction of sp³-hybridized carbons (Fsp3) is 0.462. The Hall–Kier alpha value is -0.480. The molecule has 0 saturated heterocycles. The minimum absolute atomic E-state index is 0.266. The van der Waals surface area contributed by atoms with Gasteiger partial charge in [0.2, 0.25) is 3.79 Å². The van der Waals surface area contributed by atoms with Crippen LogP contribution in [0.15, 0.2) is 24.3 Å². The number of hydrogen-bond acceptors (Lipinski definition) is 2. The van der Waals surface area contributed by atoms with E-state index < -0.39 is 9.96 Å². The third-order valence-corrected chi connectivity index (χ3v) is 3.25. The van der Waals surface area contributed by atoms with E-state index in [1.165, 1.54) is 0 Å². The summed E-state index contributed by atoms with van der Waals surface area (Å²) in [6, 6.07) is 7.26. The van der Waals surface area contributed by atoms with E-state index >= 15 is 0 Å². The maximum absolute atomic E-state index is 12.2. The Balaban J connectivity index is 2.79. The van der Waals surface area contributed by atoms with Crippen molar-refractivity contribution in [3.05, 3.63) is 35.4 Å². The largest absolute Gasteiger partial charge is 0.333 e. The normalized spacial score (nSPS) is 13.1. The van der Waals surface area contributed by atoms with E-state index in [9.17, 15) is 4.79 Å². The number of nitrogens with one attached hydrogen (secondary N) is 2. The van der Waals surface area contributed by atoms with Gasteiger partial charge in [-0.2, -0.15) is 0 Å². The van der Waals surface area contributed by atoms with Gasteiger partial charge in [-0.3, -0.25) is 10.1 Å². The smallest absolute Gasteiger partial charge is 0.252 e. The molecular formula is C13H17Cl3N2O. The van der Waals surface area contributed by atoms with Crippen molar-refractivity contribution in [1.29, 1.82) is 0 Å². The predicted octanol–water partition coefficient (Wildman–Crippen LogP) is 3.42. The Morgan fingerprint density at radius 2 is 1.95 bits per heavy atom. The van der Waals surface area contributed by atoms with E-state index in [1.54, 1.807) is 12.1 Å². The van der Waals surface area contributed by atoms with Gasteiger partial charge in [0.05, 0.1) is 0 Å². The lowest BCUT2D eigenvalue weighted by molar-refractivity contribution is 0.0929. The molecule has 1 atom stereocenters. The molecule has 1 aromatic rings. The zero-order valence-electron chi connectivity index (χ0n) is 10.8. The molecule has 19 heavy (non-hydrogen) atoms. The number of carbonyl (C=O) groups excluding carboxylic acids is 1. The van der Waals surface area contributed by atoms with Crippen LogP contribution in [0.3, 0.4) is 0 Å². The van der Waals surface area contributed by atoms with Gasteiger partial charge in [0.25, 0.3) is 5.91 Å². The Kier molecular flexibility index (Phi) is 6.40. The highest BCUT2D eigenvalue weighted by Crippen LogP contribution is 2.29. The first-order valence-electron chi connectivity index (χ1n) is 6.03. The number of hydrogen-bond donors (Lipinski definition) is 2. The molecule has 0 spiro atoms. The summed E-state index contributed by atoms with van der Waals surface area (Å²) in [5.41, 5.74) is 1.44. The van der Waals surface area contributed by atoms with Crippen LogP contribution in [0, 0.1) is 6.92 Å². The molecule has 0 aliphatic rings. The van der Waals surface area contributed by atoms with E-state index in [4.69, 9.17) is 34.8 Å². The molecule has 1 aromatic carbocycles. The first-order valence-corrected chi connectivity index (χ1v) is 7.16. The summed E-state index contributed by atoms with van der Waals surface area (Å²) in [5.74, 6) is -0.266. The summed E-state index contributed by atoms with van der Waals surface area (Å²) in [6.45, 7) is 4.50. The monoisotopic (exact) mass is 322 g/mol. The Morgan fingerprint density at radius 1 is 1.32 bits per heavy atom. The van der Waals surface area contributed by atoms with Gasteiger partial charge in [-0.25, -0.2) is 0 Å². The molecule has 0 saturated carbocycles. The van der Waals surface area contributed by atoms with Crippen molar-refractivity contribution in [3.63, 3.8) is 0 Å². The zero-order chi connectivity index (χ0) is 14.5. The molecule has 1 unspecified atom stereocenters. The van der Waals surface area contributed by atoms with Crippen LogP contribution in [0.5, 0.6) is 0 Å². The summed E-state index contributed by atoms with van der Waals surface area (Å²) in [5, 5.41) is 5.70. The molecule has 0 fully saturated rings. The highest BCUT2D eigenvalue weighted by molar-refractivity contribution is 6.68. The van der Waals surface area contributed by atoms with Gasteiger partial charge in [0.15, 0.2) is 0 Å². The lowest BCUT2D eigenvalue weighted by Gasteiger charge is -2.26. The minimum Gasteiger partial charge on any atom is -0.333 e. The van der Waals surface area contributed by atoms with Crippen LogP contribution in [0.25, 0.3) is 0 Å². The molecular weight excluding hydrogens is 307 g/mol. The van der Waals surface area contributed by atoms with Gasteiger partial charge in [-0.1, -0.05) is 59.9 Å². The van der Waals surface area contributed by atoms with Crippen LogP contribution in [-0.2, 0) is 0 Å². The van der Waals surface area contributed by atoms with Gasteiger partial charge < -0.3 is 5.32 Å². The lowest BCUT2D eigenvalue weighted by Crippen LogP contribution is -2.53. The molecule has 0 heterocycles. The second kappa shape index (κ2) is 7.34. The summed E-state index contributed by atoms with van der Waals surface area (Å²) in [7, 11) is 0. The van der Waals surface area contributed by atoms with Crippen LogP contribution >= 0.6 is 34.8 Å². The highest BCUT2D eigenvalue weighted by atomic mass is 35.6. The summed E-state index contributed by atoms with van der Waals surface area (Å²) < 4.78 is -1.60. The number of aryl methyl sites for hydroxylation is 1. The average Bonchev–Trinajstić information content (AvgIpc) is 2.33. The molecule has 1 rings (SSSR count). The number of rotatable bonds is 5. The van der Waals surface area contributed by atoms with E-state index in [0.29, 0.717) is 12.1 Å². The maximum Gasteiger partial charge on any atom is 0.252 e. The third-order valence-electron chi connectivity index (χ3n) is 2.59. The highest BCUT2D eigenvalue weighted by Gasteiger charge is 2.33. The fourth-order valence-corrected chi connectivity index (χ4v) is 1.97. The zero-order valence-corrected chi connectivity index (χ0v) is 13.1. The number of carbonyl (C=O) groups is 1. The molecule has 3 nitrogen and oxygen atoms in total. The van der Waals surface area contributed by atoms with Gasteiger partial charge in [0.1, 0.15) is 6.17 Å². The summed E-state index contributed by atoms with van der Waals surface area (Å²) >= 11 is 17.6. The molecule has 6 heteroatoms. The van der Waals surface area contributed by atoms with E-state index in [1.807, 2.05) is 26.0 Å². The van der Waals surface area contributed by atoms with E-state index in [-0.39, 0.29) is 5.91 Å². The molecule has 2 N–H and O–H groups in total. The summed E-state index contributed by atoms with van der Waals surface area (Å²) in [6.07, 6.45) is 0.141. The Bertz CT molecular complexity index is 432. The van der Waals surface area contributed by atoms with Crippen molar-refractivity contribution in [1.82, 2.24) is 10.6 Å². The molecule has 1 amide bonds.